The van der Waals surface area contributed by atoms with E-state index in [-0.39, 0.29) is 22.2 Å². The smallest absolute Gasteiger partial charge is 0.305 e. The third-order valence-corrected chi connectivity index (χ3v) is 2.92. The van der Waals surface area contributed by atoms with Gasteiger partial charge in [-0.1, -0.05) is 36.2 Å². The van der Waals surface area contributed by atoms with Crippen LogP contribution in [0.25, 0.3) is 0 Å². The van der Waals surface area contributed by atoms with E-state index in [2.05, 4.69) is 5.32 Å². The number of nitrogens with one attached hydrogen (secondary N) is 1. The summed E-state index contributed by atoms with van der Waals surface area (Å²) >= 11 is 11.4. The van der Waals surface area contributed by atoms with Gasteiger partial charge in [-0.2, -0.15) is 8.78 Å². The minimum absolute atomic E-state index is 0.0752. The summed E-state index contributed by atoms with van der Waals surface area (Å²) < 4.78 is 51.8. The molecule has 0 aromatic heterocycles. The van der Waals surface area contributed by atoms with Crippen molar-refractivity contribution in [2.45, 2.75) is 25.3 Å². The highest BCUT2D eigenvalue weighted by Crippen LogP contribution is 2.39. The van der Waals surface area contributed by atoms with Crippen LogP contribution in [-0.2, 0) is 0 Å². The van der Waals surface area contributed by atoms with Gasteiger partial charge >= 0.3 is 12.3 Å². The molecule has 0 aliphatic heterocycles. The van der Waals surface area contributed by atoms with Gasteiger partial charge in [-0.3, -0.25) is 0 Å². The Balaban J connectivity index is 3.19. The molecule has 1 aromatic carbocycles. The minimum atomic E-state index is -4.21. The minimum Gasteiger partial charge on any atom is -0.305 e. The fourth-order valence-corrected chi connectivity index (χ4v) is 2.04. The standard InChI is InChI=1S/C11H11Cl2F4N/c1-2-18-9(11(16,17)10(14)15)7-4-3-6(12)5-8(7)13/h3-5,9-10,18H,2H2,1H3. The normalized spacial score (nSPS) is 14.0. The van der Waals surface area contributed by atoms with Gasteiger partial charge in [0.1, 0.15) is 6.04 Å². The number of hydrogen-bond donors (Lipinski definition) is 1. The Morgan fingerprint density at radius 1 is 1.28 bits per heavy atom. The SMILES string of the molecule is CCNC(c1ccc(Cl)cc1Cl)C(F)(F)C(F)F. The molecule has 0 spiro atoms. The van der Waals surface area contributed by atoms with Gasteiger partial charge < -0.3 is 5.32 Å². The predicted molar refractivity (Wildman–Crippen MR) is 63.8 cm³/mol. The molecular formula is C11H11Cl2F4N. The van der Waals surface area contributed by atoms with Crippen molar-refractivity contribution in [3.63, 3.8) is 0 Å². The Kier molecular flexibility index (Phi) is 5.25. The van der Waals surface area contributed by atoms with Crippen LogP contribution in [0.1, 0.15) is 18.5 Å². The number of alkyl halides is 4. The van der Waals surface area contributed by atoms with Crippen molar-refractivity contribution >= 4 is 23.2 Å². The first-order chi connectivity index (χ1) is 8.30. The second-order valence-corrected chi connectivity index (χ2v) is 4.48. The predicted octanol–water partition coefficient (Wildman–Crippen LogP) is 4.54. The van der Waals surface area contributed by atoms with E-state index >= 15 is 0 Å². The van der Waals surface area contributed by atoms with Gasteiger partial charge in [0.05, 0.1) is 0 Å². The van der Waals surface area contributed by atoms with E-state index in [4.69, 9.17) is 23.2 Å². The van der Waals surface area contributed by atoms with E-state index in [0.717, 1.165) is 0 Å². The molecule has 7 heteroatoms. The van der Waals surface area contributed by atoms with E-state index in [1.54, 1.807) is 6.92 Å². The maximum atomic E-state index is 13.5. The van der Waals surface area contributed by atoms with Crippen LogP contribution in [0.2, 0.25) is 10.0 Å². The fourth-order valence-electron chi connectivity index (χ4n) is 1.52. The van der Waals surface area contributed by atoms with Crippen LogP contribution in [0.3, 0.4) is 0 Å². The van der Waals surface area contributed by atoms with Crippen LogP contribution < -0.4 is 5.32 Å². The van der Waals surface area contributed by atoms with Crippen molar-refractivity contribution in [2.24, 2.45) is 0 Å². The van der Waals surface area contributed by atoms with Gasteiger partial charge in [-0.25, -0.2) is 8.78 Å². The number of rotatable bonds is 5. The molecule has 0 saturated heterocycles. The molecule has 1 unspecified atom stereocenters. The Bertz CT molecular complexity index is 412. The third-order valence-electron chi connectivity index (χ3n) is 2.36. The van der Waals surface area contributed by atoms with Crippen molar-refractivity contribution < 1.29 is 17.6 Å². The summed E-state index contributed by atoms with van der Waals surface area (Å²) in [7, 11) is 0. The summed E-state index contributed by atoms with van der Waals surface area (Å²) in [6.07, 6.45) is -3.78. The van der Waals surface area contributed by atoms with E-state index in [1.165, 1.54) is 18.2 Å². The number of hydrogen-bond acceptors (Lipinski definition) is 1. The van der Waals surface area contributed by atoms with Gasteiger partial charge in [0.2, 0.25) is 0 Å². The fraction of sp³-hybridized carbons (Fsp3) is 0.455. The lowest BCUT2D eigenvalue weighted by Crippen LogP contribution is -2.42. The van der Waals surface area contributed by atoms with Gasteiger partial charge in [0.15, 0.2) is 0 Å². The largest absolute Gasteiger partial charge is 0.326 e. The lowest BCUT2D eigenvalue weighted by molar-refractivity contribution is -0.151. The second-order valence-electron chi connectivity index (χ2n) is 3.63. The molecule has 0 aliphatic rings. The van der Waals surface area contributed by atoms with Crippen LogP contribution >= 0.6 is 23.2 Å². The molecule has 0 saturated carbocycles. The highest BCUT2D eigenvalue weighted by molar-refractivity contribution is 6.35. The van der Waals surface area contributed by atoms with Crippen LogP contribution in [0, 0.1) is 0 Å². The van der Waals surface area contributed by atoms with E-state index in [9.17, 15) is 17.6 Å². The highest BCUT2D eigenvalue weighted by atomic mass is 35.5. The van der Waals surface area contributed by atoms with Gasteiger partial charge in [-0.15, -0.1) is 0 Å². The zero-order valence-electron chi connectivity index (χ0n) is 9.36. The molecule has 1 aromatic rings. The molecule has 0 heterocycles. The maximum Gasteiger partial charge on any atom is 0.326 e. The summed E-state index contributed by atoms with van der Waals surface area (Å²) in [6, 6.07) is 1.93. The molecule has 102 valence electrons. The Hall–Kier alpha value is -0.520. The average Bonchev–Trinajstić information content (AvgIpc) is 2.26. The van der Waals surface area contributed by atoms with E-state index < -0.39 is 18.4 Å². The molecule has 0 amide bonds. The Labute approximate surface area is 112 Å². The second kappa shape index (κ2) is 6.08. The summed E-state index contributed by atoms with van der Waals surface area (Å²) in [5, 5.41) is 2.50. The quantitative estimate of drug-likeness (QED) is 0.787. The first-order valence-electron chi connectivity index (χ1n) is 5.15. The topological polar surface area (TPSA) is 12.0 Å². The number of halogens is 6. The summed E-state index contributed by atoms with van der Waals surface area (Å²) in [4.78, 5) is 0. The highest BCUT2D eigenvalue weighted by Gasteiger charge is 2.49. The zero-order chi connectivity index (χ0) is 13.9. The molecule has 1 nitrogen and oxygen atoms in total. The third kappa shape index (κ3) is 3.28. The molecule has 0 radical (unpaired) electrons. The maximum absolute atomic E-state index is 13.5. The van der Waals surface area contributed by atoms with Crippen molar-refractivity contribution in [1.82, 2.24) is 5.32 Å². The lowest BCUT2D eigenvalue weighted by Gasteiger charge is -2.28. The molecule has 1 N–H and O–H groups in total. The monoisotopic (exact) mass is 303 g/mol. The van der Waals surface area contributed by atoms with Gasteiger partial charge in [0.25, 0.3) is 0 Å². The van der Waals surface area contributed by atoms with Gasteiger partial charge in [-0.05, 0) is 24.2 Å². The first kappa shape index (κ1) is 15.5. The molecular weight excluding hydrogens is 293 g/mol. The van der Waals surface area contributed by atoms with Crippen molar-refractivity contribution in [2.75, 3.05) is 6.54 Å². The van der Waals surface area contributed by atoms with E-state index in [1.807, 2.05) is 0 Å². The lowest BCUT2D eigenvalue weighted by atomic mass is 10.0. The van der Waals surface area contributed by atoms with Crippen LogP contribution in [0.5, 0.6) is 0 Å². The van der Waals surface area contributed by atoms with Crippen molar-refractivity contribution in [3.8, 4) is 0 Å². The van der Waals surface area contributed by atoms with Crippen LogP contribution in [0.15, 0.2) is 18.2 Å². The molecule has 0 fully saturated rings. The van der Waals surface area contributed by atoms with Crippen molar-refractivity contribution in [3.05, 3.63) is 33.8 Å². The summed E-state index contributed by atoms with van der Waals surface area (Å²) in [6.45, 7) is 1.64. The van der Waals surface area contributed by atoms with Crippen LogP contribution in [-0.4, -0.2) is 18.9 Å². The molecule has 0 bridgehead atoms. The number of benzene rings is 1. The Morgan fingerprint density at radius 3 is 2.33 bits per heavy atom. The van der Waals surface area contributed by atoms with Crippen LogP contribution in [0.4, 0.5) is 17.6 Å². The summed E-state index contributed by atoms with van der Waals surface area (Å²) in [5.74, 6) is -4.21. The molecule has 1 rings (SSSR count). The Morgan fingerprint density at radius 2 is 1.89 bits per heavy atom. The average molecular weight is 304 g/mol. The molecule has 18 heavy (non-hydrogen) atoms. The zero-order valence-corrected chi connectivity index (χ0v) is 10.9. The molecule has 1 atom stereocenters. The molecule has 0 aliphatic carbocycles. The van der Waals surface area contributed by atoms with Crippen molar-refractivity contribution in [1.29, 1.82) is 0 Å². The first-order valence-corrected chi connectivity index (χ1v) is 5.90. The summed E-state index contributed by atoms with van der Waals surface area (Å²) in [5.41, 5.74) is -0.104. The van der Waals surface area contributed by atoms with E-state index in [0.29, 0.717) is 0 Å². The van der Waals surface area contributed by atoms with Gasteiger partial charge in [0, 0.05) is 10.0 Å².